The van der Waals surface area contributed by atoms with Crippen LogP contribution in [0.15, 0.2) is 30.3 Å². The minimum absolute atomic E-state index is 0.0506. The van der Waals surface area contributed by atoms with Crippen LogP contribution in [-0.4, -0.2) is 28.8 Å². The van der Waals surface area contributed by atoms with Crippen molar-refractivity contribution in [2.45, 2.75) is 45.5 Å². The monoisotopic (exact) mass is 280 g/mol. The summed E-state index contributed by atoms with van der Waals surface area (Å²) < 4.78 is 9.89. The quantitative estimate of drug-likeness (QED) is 0.805. The molecule has 0 aliphatic carbocycles. The molecule has 0 aliphatic rings. The van der Waals surface area contributed by atoms with Gasteiger partial charge in [-0.05, 0) is 26.3 Å². The number of carbonyl (C=O) groups is 2. The summed E-state index contributed by atoms with van der Waals surface area (Å²) >= 11 is 0. The summed E-state index contributed by atoms with van der Waals surface area (Å²) in [5.74, 6) is -1.48. The molecule has 1 atom stereocenters. The van der Waals surface area contributed by atoms with E-state index < -0.39 is 24.0 Å². The van der Waals surface area contributed by atoms with Crippen LogP contribution in [0.5, 0.6) is 0 Å². The summed E-state index contributed by atoms with van der Waals surface area (Å²) in [7, 11) is 0. The SMILES string of the molecule is CC(C)OC(=O)C[C@](C)(O)C(=O)OCc1ccccc1. The first-order valence-electron chi connectivity index (χ1n) is 6.44. The lowest BCUT2D eigenvalue weighted by atomic mass is 10.0. The standard InChI is InChI=1S/C15H20O5/c1-11(2)20-13(16)9-15(3,18)14(17)19-10-12-7-5-4-6-8-12/h4-8,11,18H,9-10H2,1-3H3/t15-/m0/s1. The summed E-state index contributed by atoms with van der Waals surface area (Å²) in [6.45, 7) is 4.68. The second-order valence-electron chi connectivity index (χ2n) is 5.05. The predicted molar refractivity (Wildman–Crippen MR) is 72.7 cm³/mol. The Morgan fingerprint density at radius 3 is 2.40 bits per heavy atom. The van der Waals surface area contributed by atoms with E-state index in [4.69, 9.17) is 9.47 Å². The highest BCUT2D eigenvalue weighted by molar-refractivity contribution is 5.85. The van der Waals surface area contributed by atoms with Gasteiger partial charge in [0.05, 0.1) is 12.5 Å². The van der Waals surface area contributed by atoms with E-state index in [1.807, 2.05) is 18.2 Å². The summed E-state index contributed by atoms with van der Waals surface area (Å²) in [4.78, 5) is 23.2. The molecule has 0 heterocycles. The Labute approximate surface area is 118 Å². The molecular weight excluding hydrogens is 260 g/mol. The Bertz CT molecular complexity index is 451. The van der Waals surface area contributed by atoms with Gasteiger partial charge in [-0.2, -0.15) is 0 Å². The molecule has 0 bridgehead atoms. The highest BCUT2D eigenvalue weighted by Crippen LogP contribution is 2.15. The second-order valence-corrected chi connectivity index (χ2v) is 5.05. The van der Waals surface area contributed by atoms with Crippen molar-refractivity contribution in [1.29, 1.82) is 0 Å². The van der Waals surface area contributed by atoms with Crippen molar-refractivity contribution in [2.75, 3.05) is 0 Å². The lowest BCUT2D eigenvalue weighted by molar-refractivity contribution is -0.172. The van der Waals surface area contributed by atoms with Crippen molar-refractivity contribution in [2.24, 2.45) is 0 Å². The van der Waals surface area contributed by atoms with E-state index in [0.717, 1.165) is 5.56 Å². The zero-order valence-corrected chi connectivity index (χ0v) is 12.0. The van der Waals surface area contributed by atoms with Gasteiger partial charge in [0.25, 0.3) is 0 Å². The summed E-state index contributed by atoms with van der Waals surface area (Å²) in [5, 5.41) is 9.97. The minimum Gasteiger partial charge on any atom is -0.463 e. The van der Waals surface area contributed by atoms with Gasteiger partial charge in [0.15, 0.2) is 5.60 Å². The van der Waals surface area contributed by atoms with Gasteiger partial charge in [-0.3, -0.25) is 4.79 Å². The Morgan fingerprint density at radius 2 is 1.85 bits per heavy atom. The number of aliphatic hydroxyl groups is 1. The fourth-order valence-electron chi connectivity index (χ4n) is 1.54. The van der Waals surface area contributed by atoms with Crippen molar-refractivity contribution in [3.8, 4) is 0 Å². The lowest BCUT2D eigenvalue weighted by Crippen LogP contribution is -2.39. The molecule has 0 amide bonds. The van der Waals surface area contributed by atoms with Gasteiger partial charge in [-0.15, -0.1) is 0 Å². The second kappa shape index (κ2) is 7.05. The molecule has 0 aliphatic heterocycles. The Kier molecular flexibility index (Phi) is 5.70. The Hall–Kier alpha value is -1.88. The van der Waals surface area contributed by atoms with Gasteiger partial charge in [-0.1, -0.05) is 30.3 Å². The Balaban J connectivity index is 2.50. The van der Waals surface area contributed by atoms with Crippen LogP contribution in [-0.2, 0) is 25.7 Å². The van der Waals surface area contributed by atoms with Crippen LogP contribution in [0.25, 0.3) is 0 Å². The van der Waals surface area contributed by atoms with Crippen molar-refractivity contribution in [3.63, 3.8) is 0 Å². The number of hydrogen-bond acceptors (Lipinski definition) is 5. The van der Waals surface area contributed by atoms with Crippen LogP contribution in [0.2, 0.25) is 0 Å². The number of rotatable bonds is 6. The number of esters is 2. The summed E-state index contributed by atoms with van der Waals surface area (Å²) in [6, 6.07) is 9.09. The third-order valence-electron chi connectivity index (χ3n) is 2.51. The van der Waals surface area contributed by atoms with Crippen LogP contribution >= 0.6 is 0 Å². The predicted octanol–water partition coefficient (Wildman–Crippen LogP) is 1.82. The van der Waals surface area contributed by atoms with E-state index in [1.54, 1.807) is 26.0 Å². The molecular formula is C15H20O5. The van der Waals surface area contributed by atoms with Crippen LogP contribution in [0.1, 0.15) is 32.8 Å². The average molecular weight is 280 g/mol. The molecule has 1 rings (SSSR count). The largest absolute Gasteiger partial charge is 0.463 e. The maximum Gasteiger partial charge on any atom is 0.338 e. The van der Waals surface area contributed by atoms with Crippen molar-refractivity contribution in [3.05, 3.63) is 35.9 Å². The van der Waals surface area contributed by atoms with E-state index in [0.29, 0.717) is 0 Å². The normalized spacial score (nSPS) is 13.7. The zero-order chi connectivity index (χ0) is 15.2. The summed E-state index contributed by atoms with van der Waals surface area (Å²) in [6.07, 6.45) is -0.725. The fourth-order valence-corrected chi connectivity index (χ4v) is 1.54. The van der Waals surface area contributed by atoms with E-state index in [2.05, 4.69) is 0 Å². The molecule has 0 fully saturated rings. The first kappa shape index (κ1) is 16.2. The van der Waals surface area contributed by atoms with E-state index >= 15 is 0 Å². The highest BCUT2D eigenvalue weighted by atomic mass is 16.6. The molecule has 0 saturated heterocycles. The van der Waals surface area contributed by atoms with E-state index in [1.165, 1.54) is 6.92 Å². The van der Waals surface area contributed by atoms with Crippen LogP contribution in [0.4, 0.5) is 0 Å². The third-order valence-corrected chi connectivity index (χ3v) is 2.51. The topological polar surface area (TPSA) is 72.8 Å². The van der Waals surface area contributed by atoms with Crippen molar-refractivity contribution < 1.29 is 24.2 Å². The minimum atomic E-state index is -1.89. The molecule has 0 saturated carbocycles. The molecule has 0 radical (unpaired) electrons. The Morgan fingerprint density at radius 1 is 1.25 bits per heavy atom. The molecule has 5 heteroatoms. The van der Waals surface area contributed by atoms with Gasteiger partial charge in [0.1, 0.15) is 6.61 Å². The molecule has 1 N–H and O–H groups in total. The van der Waals surface area contributed by atoms with Crippen molar-refractivity contribution in [1.82, 2.24) is 0 Å². The van der Waals surface area contributed by atoms with Crippen LogP contribution in [0.3, 0.4) is 0 Å². The number of carbonyl (C=O) groups excluding carboxylic acids is 2. The van der Waals surface area contributed by atoms with Crippen molar-refractivity contribution >= 4 is 11.9 Å². The smallest absolute Gasteiger partial charge is 0.338 e. The van der Waals surface area contributed by atoms with Gasteiger partial charge in [-0.25, -0.2) is 4.79 Å². The number of benzene rings is 1. The van der Waals surface area contributed by atoms with Crippen LogP contribution < -0.4 is 0 Å². The van der Waals surface area contributed by atoms with E-state index in [-0.39, 0.29) is 12.7 Å². The van der Waals surface area contributed by atoms with Gasteiger partial charge < -0.3 is 14.6 Å². The molecule has 0 spiro atoms. The number of hydrogen-bond donors (Lipinski definition) is 1. The third kappa shape index (κ3) is 5.40. The average Bonchev–Trinajstić information content (AvgIpc) is 2.35. The molecule has 5 nitrogen and oxygen atoms in total. The molecule has 20 heavy (non-hydrogen) atoms. The maximum absolute atomic E-state index is 11.8. The van der Waals surface area contributed by atoms with Gasteiger partial charge >= 0.3 is 11.9 Å². The molecule has 110 valence electrons. The molecule has 0 unspecified atom stereocenters. The molecule has 1 aromatic rings. The van der Waals surface area contributed by atoms with Gasteiger partial charge in [0, 0.05) is 0 Å². The highest BCUT2D eigenvalue weighted by Gasteiger charge is 2.35. The first-order valence-corrected chi connectivity index (χ1v) is 6.44. The number of ether oxygens (including phenoxy) is 2. The lowest BCUT2D eigenvalue weighted by Gasteiger charge is -2.21. The van der Waals surface area contributed by atoms with Gasteiger partial charge in [0.2, 0.25) is 0 Å². The molecule has 0 aromatic heterocycles. The molecule has 1 aromatic carbocycles. The zero-order valence-electron chi connectivity index (χ0n) is 12.0. The van der Waals surface area contributed by atoms with Crippen LogP contribution in [0, 0.1) is 0 Å². The van der Waals surface area contributed by atoms with E-state index in [9.17, 15) is 14.7 Å². The first-order chi connectivity index (χ1) is 9.31. The fraction of sp³-hybridized carbons (Fsp3) is 0.467. The summed E-state index contributed by atoms with van der Waals surface area (Å²) in [5.41, 5.74) is -1.08. The maximum atomic E-state index is 11.8.